The van der Waals surface area contributed by atoms with E-state index >= 15 is 0 Å². The van der Waals surface area contributed by atoms with Gasteiger partial charge in [-0.15, -0.1) is 0 Å². The Morgan fingerprint density at radius 3 is 2.82 bits per heavy atom. The number of alkyl halides is 1. The first-order valence-electron chi connectivity index (χ1n) is 5.38. The molecule has 2 fully saturated rings. The molecule has 7 nitrogen and oxygen atoms in total. The van der Waals surface area contributed by atoms with Gasteiger partial charge in [0.2, 0.25) is 0 Å². The van der Waals surface area contributed by atoms with E-state index in [0.29, 0.717) is 0 Å². The van der Waals surface area contributed by atoms with Crippen LogP contribution in [0.25, 0.3) is 0 Å². The number of urea groups is 1. The number of aliphatic hydroxyl groups is 3. The molecule has 2 unspecified atom stereocenters. The lowest BCUT2D eigenvalue weighted by Crippen LogP contribution is -2.59. The monoisotopic (exact) mass is 250 g/mol. The van der Waals surface area contributed by atoms with E-state index in [1.807, 2.05) is 0 Å². The largest absolute Gasteiger partial charge is 0.394 e. The number of halogens is 1. The predicted octanol–water partition coefficient (Wildman–Crippen LogP) is -1.51. The SMILES string of the molecule is O=C1NC(O)CCN1C1(F)C[C@H](O)[C@@H](CO)O1. The molecule has 2 heterocycles. The maximum Gasteiger partial charge on any atom is 0.323 e. The summed E-state index contributed by atoms with van der Waals surface area (Å²) in [5, 5.41) is 29.6. The minimum absolute atomic E-state index is 0.0195. The van der Waals surface area contributed by atoms with Crippen LogP contribution in [0.1, 0.15) is 12.8 Å². The lowest BCUT2D eigenvalue weighted by Gasteiger charge is -2.37. The zero-order chi connectivity index (χ0) is 12.6. The third kappa shape index (κ3) is 2.21. The molecule has 2 amide bonds. The van der Waals surface area contributed by atoms with Crippen LogP contribution in [-0.4, -0.2) is 63.8 Å². The number of hydrogen-bond donors (Lipinski definition) is 4. The van der Waals surface area contributed by atoms with E-state index in [4.69, 9.17) is 14.9 Å². The summed E-state index contributed by atoms with van der Waals surface area (Å²) in [6.07, 6.45) is -3.45. The van der Waals surface area contributed by atoms with Crippen LogP contribution in [0.5, 0.6) is 0 Å². The van der Waals surface area contributed by atoms with Crippen LogP contribution in [-0.2, 0) is 4.74 Å². The molecular formula is C9H15FN2O5. The van der Waals surface area contributed by atoms with E-state index in [9.17, 15) is 14.3 Å². The Bertz CT molecular complexity index is 318. The molecule has 0 radical (unpaired) electrons. The lowest BCUT2D eigenvalue weighted by molar-refractivity contribution is -0.223. The number of rotatable bonds is 2. The van der Waals surface area contributed by atoms with Gasteiger partial charge in [0.05, 0.1) is 19.1 Å². The van der Waals surface area contributed by atoms with Crippen LogP contribution in [0.15, 0.2) is 0 Å². The van der Waals surface area contributed by atoms with Gasteiger partial charge >= 0.3 is 6.03 Å². The van der Waals surface area contributed by atoms with Crippen molar-refractivity contribution in [1.29, 1.82) is 0 Å². The molecule has 2 aliphatic rings. The first kappa shape index (κ1) is 12.5. The molecule has 4 N–H and O–H groups in total. The third-order valence-corrected chi connectivity index (χ3v) is 2.97. The highest BCUT2D eigenvalue weighted by Gasteiger charge is 2.53. The fraction of sp³-hybridized carbons (Fsp3) is 0.889. The molecule has 0 aromatic rings. The van der Waals surface area contributed by atoms with Gasteiger partial charge in [-0.3, -0.25) is 4.90 Å². The van der Waals surface area contributed by atoms with Gasteiger partial charge in [-0.05, 0) is 0 Å². The standard InChI is InChI=1S/C9H15FN2O5/c10-9(3-5(14)6(4-13)17-9)12-2-1-7(15)11-8(12)16/h5-7,13-15H,1-4H2,(H,11,16)/t5-,6+,7?,9?/m0/s1. The minimum Gasteiger partial charge on any atom is -0.394 e. The summed E-state index contributed by atoms with van der Waals surface area (Å²) >= 11 is 0. The smallest absolute Gasteiger partial charge is 0.323 e. The normalized spacial score (nSPS) is 42.7. The van der Waals surface area contributed by atoms with Crippen LogP contribution in [0.4, 0.5) is 9.18 Å². The Balaban J connectivity index is 2.09. The van der Waals surface area contributed by atoms with Gasteiger partial charge in [0, 0.05) is 13.0 Å². The number of nitrogens with zero attached hydrogens (tertiary/aromatic N) is 1. The highest BCUT2D eigenvalue weighted by Crippen LogP contribution is 2.36. The van der Waals surface area contributed by atoms with E-state index in [1.54, 1.807) is 0 Å². The molecule has 98 valence electrons. The number of carbonyl (C=O) groups is 1. The van der Waals surface area contributed by atoms with Crippen LogP contribution in [0.3, 0.4) is 0 Å². The van der Waals surface area contributed by atoms with Crippen molar-refractivity contribution in [3.8, 4) is 0 Å². The number of nitrogens with one attached hydrogen (secondary N) is 1. The maximum absolute atomic E-state index is 14.4. The van der Waals surface area contributed by atoms with E-state index in [1.165, 1.54) is 0 Å². The van der Waals surface area contributed by atoms with Crippen molar-refractivity contribution in [1.82, 2.24) is 10.2 Å². The van der Waals surface area contributed by atoms with E-state index in [-0.39, 0.29) is 13.0 Å². The van der Waals surface area contributed by atoms with Gasteiger partial charge in [0.15, 0.2) is 0 Å². The zero-order valence-corrected chi connectivity index (χ0v) is 9.04. The van der Waals surface area contributed by atoms with Crippen molar-refractivity contribution in [2.75, 3.05) is 13.2 Å². The molecule has 2 rings (SSSR count). The van der Waals surface area contributed by atoms with Gasteiger partial charge in [-0.2, -0.15) is 4.39 Å². The number of carbonyl (C=O) groups excluding carboxylic acids is 1. The Morgan fingerprint density at radius 2 is 2.29 bits per heavy atom. The van der Waals surface area contributed by atoms with Gasteiger partial charge < -0.3 is 25.4 Å². The second-order valence-corrected chi connectivity index (χ2v) is 4.20. The van der Waals surface area contributed by atoms with Crippen molar-refractivity contribution in [2.24, 2.45) is 0 Å². The lowest BCUT2D eigenvalue weighted by atomic mass is 10.1. The Morgan fingerprint density at radius 1 is 1.59 bits per heavy atom. The molecular weight excluding hydrogens is 235 g/mol. The Kier molecular flexibility index (Phi) is 3.21. The number of aliphatic hydroxyl groups excluding tert-OH is 3. The topological polar surface area (TPSA) is 102 Å². The Hall–Kier alpha value is -0.960. The number of ether oxygens (including phenoxy) is 1. The first-order chi connectivity index (χ1) is 7.96. The van der Waals surface area contributed by atoms with Gasteiger partial charge in [-0.25, -0.2) is 4.79 Å². The second-order valence-electron chi connectivity index (χ2n) is 4.20. The number of hydrogen-bond acceptors (Lipinski definition) is 5. The summed E-state index contributed by atoms with van der Waals surface area (Å²) in [5.74, 6) is -2.43. The van der Waals surface area contributed by atoms with Crippen molar-refractivity contribution in [3.05, 3.63) is 0 Å². The molecule has 8 heteroatoms. The molecule has 0 aliphatic carbocycles. The minimum atomic E-state index is -2.43. The summed E-state index contributed by atoms with van der Waals surface area (Å²) in [4.78, 5) is 12.3. The highest BCUT2D eigenvalue weighted by atomic mass is 19.2. The van der Waals surface area contributed by atoms with Gasteiger partial charge in [0.25, 0.3) is 5.98 Å². The third-order valence-electron chi connectivity index (χ3n) is 2.97. The van der Waals surface area contributed by atoms with Crippen LogP contribution >= 0.6 is 0 Å². The highest BCUT2D eigenvalue weighted by molar-refractivity contribution is 5.75. The summed E-state index contributed by atoms with van der Waals surface area (Å²) in [5.41, 5.74) is 0. The fourth-order valence-electron chi connectivity index (χ4n) is 2.04. The van der Waals surface area contributed by atoms with E-state index < -0.39 is 43.5 Å². The summed E-state index contributed by atoms with van der Waals surface area (Å²) in [6, 6.07) is -0.794. The van der Waals surface area contributed by atoms with Crippen molar-refractivity contribution in [3.63, 3.8) is 0 Å². The molecule has 2 aliphatic heterocycles. The van der Waals surface area contributed by atoms with Gasteiger partial charge in [0.1, 0.15) is 12.3 Å². The average molecular weight is 250 g/mol. The predicted molar refractivity (Wildman–Crippen MR) is 52.3 cm³/mol. The fourth-order valence-corrected chi connectivity index (χ4v) is 2.04. The zero-order valence-electron chi connectivity index (χ0n) is 9.04. The van der Waals surface area contributed by atoms with Crippen molar-refractivity contribution in [2.45, 2.75) is 37.3 Å². The van der Waals surface area contributed by atoms with Crippen molar-refractivity contribution < 1.29 is 29.2 Å². The van der Waals surface area contributed by atoms with Crippen LogP contribution in [0, 0.1) is 0 Å². The molecule has 4 atom stereocenters. The molecule has 0 aromatic heterocycles. The van der Waals surface area contributed by atoms with Crippen LogP contribution in [0.2, 0.25) is 0 Å². The maximum atomic E-state index is 14.4. The second kappa shape index (κ2) is 4.37. The first-order valence-corrected chi connectivity index (χ1v) is 5.38. The molecule has 0 bridgehead atoms. The van der Waals surface area contributed by atoms with E-state index in [2.05, 4.69) is 5.32 Å². The van der Waals surface area contributed by atoms with Crippen molar-refractivity contribution >= 4 is 6.03 Å². The summed E-state index contributed by atoms with van der Waals surface area (Å²) in [7, 11) is 0. The Labute approximate surface area is 96.8 Å². The average Bonchev–Trinajstić information content (AvgIpc) is 2.54. The quantitative estimate of drug-likeness (QED) is 0.446. The molecule has 0 aromatic carbocycles. The van der Waals surface area contributed by atoms with E-state index in [0.717, 1.165) is 4.90 Å². The summed E-state index contributed by atoms with van der Waals surface area (Å²) in [6.45, 7) is -0.542. The number of amides is 2. The molecule has 2 saturated heterocycles. The molecule has 17 heavy (non-hydrogen) atoms. The van der Waals surface area contributed by atoms with Gasteiger partial charge in [-0.1, -0.05) is 0 Å². The molecule has 0 spiro atoms. The molecule has 0 saturated carbocycles. The summed E-state index contributed by atoms with van der Waals surface area (Å²) < 4.78 is 19.2. The van der Waals surface area contributed by atoms with Crippen LogP contribution < -0.4 is 5.32 Å².